The fourth-order valence-electron chi connectivity index (χ4n) is 3.05. The Morgan fingerprint density at radius 1 is 1.25 bits per heavy atom. The molecule has 1 aromatic heterocycles. The second kappa shape index (κ2) is 7.75. The molecule has 10 heteroatoms. The average molecular weight is 392 g/mol. The van der Waals surface area contributed by atoms with Gasteiger partial charge in [0.1, 0.15) is 11.7 Å². The maximum atomic E-state index is 13.9. The van der Waals surface area contributed by atoms with Gasteiger partial charge in [0, 0.05) is 13.3 Å². The van der Waals surface area contributed by atoms with E-state index in [2.05, 4.69) is 15.3 Å². The van der Waals surface area contributed by atoms with Gasteiger partial charge < -0.3 is 20.0 Å². The van der Waals surface area contributed by atoms with Crippen LogP contribution in [0.25, 0.3) is 0 Å². The molecule has 8 nitrogen and oxygen atoms in total. The highest BCUT2D eigenvalue weighted by molar-refractivity contribution is 5.97. The fourth-order valence-corrected chi connectivity index (χ4v) is 3.05. The number of nitrogens with one attached hydrogen (secondary N) is 1. The van der Waals surface area contributed by atoms with Crippen molar-refractivity contribution >= 4 is 17.3 Å². The third-order valence-corrected chi connectivity index (χ3v) is 4.45. The van der Waals surface area contributed by atoms with Crippen LogP contribution >= 0.6 is 0 Å². The van der Waals surface area contributed by atoms with Gasteiger partial charge in [0.25, 0.3) is 11.9 Å². The monoisotopic (exact) mass is 392 g/mol. The average Bonchev–Trinajstić information content (AvgIpc) is 2.99. The summed E-state index contributed by atoms with van der Waals surface area (Å²) in [6.45, 7) is 1.58. The Bertz CT molecular complexity index is 929. The predicted octanol–water partition coefficient (Wildman–Crippen LogP) is 2.24. The van der Waals surface area contributed by atoms with Crippen molar-refractivity contribution in [1.29, 1.82) is 0 Å². The number of carbonyl (C=O) groups is 1. The normalized spacial score (nSPS) is 18.9. The predicted molar refractivity (Wildman–Crippen MR) is 95.6 cm³/mol. The molecule has 2 atom stereocenters. The Hall–Kier alpha value is -3.30. The molecule has 0 radical (unpaired) electrons. The summed E-state index contributed by atoms with van der Waals surface area (Å²) in [5.74, 6) is -3.25. The van der Waals surface area contributed by atoms with Crippen LogP contribution in [0, 0.1) is 16.8 Å². The maximum absolute atomic E-state index is 13.9. The van der Waals surface area contributed by atoms with Gasteiger partial charge in [0.15, 0.2) is 17.3 Å². The van der Waals surface area contributed by atoms with Crippen molar-refractivity contribution in [3.63, 3.8) is 0 Å². The molecule has 0 unspecified atom stereocenters. The van der Waals surface area contributed by atoms with Crippen molar-refractivity contribution in [1.82, 2.24) is 9.97 Å². The van der Waals surface area contributed by atoms with E-state index >= 15 is 0 Å². The highest BCUT2D eigenvalue weighted by atomic mass is 19.2. The summed E-state index contributed by atoms with van der Waals surface area (Å²) in [6, 6.07) is 3.58. The molecule has 1 aromatic carbocycles. The Labute approximate surface area is 159 Å². The third kappa shape index (κ3) is 3.57. The minimum atomic E-state index is -1.26. The van der Waals surface area contributed by atoms with Gasteiger partial charge in [-0.1, -0.05) is 6.07 Å². The van der Waals surface area contributed by atoms with Crippen molar-refractivity contribution in [2.45, 2.75) is 25.3 Å². The third-order valence-electron chi connectivity index (χ3n) is 4.45. The van der Waals surface area contributed by atoms with Crippen LogP contribution in [-0.4, -0.2) is 46.6 Å². The van der Waals surface area contributed by atoms with Gasteiger partial charge in [0.05, 0.1) is 26.0 Å². The number of ether oxygens (including phenoxy) is 2. The van der Waals surface area contributed by atoms with E-state index in [4.69, 9.17) is 9.47 Å². The first-order valence-electron chi connectivity index (χ1n) is 8.36. The van der Waals surface area contributed by atoms with Gasteiger partial charge in [-0.05, 0) is 12.1 Å². The number of aromatic nitrogens is 2. The van der Waals surface area contributed by atoms with Crippen molar-refractivity contribution < 1.29 is 27.8 Å². The molecule has 0 bridgehead atoms. The van der Waals surface area contributed by atoms with Crippen molar-refractivity contribution in [2.24, 2.45) is 0 Å². The summed E-state index contributed by atoms with van der Waals surface area (Å²) in [4.78, 5) is 21.2. The van der Waals surface area contributed by atoms with Gasteiger partial charge in [-0.15, -0.1) is 0 Å². The van der Waals surface area contributed by atoms with Crippen LogP contribution < -0.4 is 14.8 Å². The van der Waals surface area contributed by atoms with Crippen LogP contribution in [0.4, 0.5) is 14.5 Å². The van der Waals surface area contributed by atoms with Gasteiger partial charge >= 0.3 is 0 Å². The maximum Gasteiger partial charge on any atom is 0.295 e. The number of benzene rings is 1. The van der Waals surface area contributed by atoms with Gasteiger partial charge in [-0.3, -0.25) is 4.79 Å². The van der Waals surface area contributed by atoms with E-state index in [1.165, 1.54) is 32.4 Å². The van der Waals surface area contributed by atoms with E-state index < -0.39 is 29.5 Å². The lowest BCUT2D eigenvalue weighted by molar-refractivity contribution is -0.479. The quantitative estimate of drug-likeness (QED) is 0.619. The zero-order valence-corrected chi connectivity index (χ0v) is 15.4. The molecule has 1 amide bonds. The number of carbonyl (C=O) groups excluding carboxylic acids is 1. The van der Waals surface area contributed by atoms with E-state index in [9.17, 15) is 18.8 Å². The largest absolute Gasteiger partial charge is 0.623 e. The summed E-state index contributed by atoms with van der Waals surface area (Å²) in [5, 5.41) is 14.8. The molecule has 1 N–H and O–H groups in total. The van der Waals surface area contributed by atoms with Gasteiger partial charge in [0.2, 0.25) is 11.8 Å². The number of anilines is 1. The number of hydrogen-bond donors (Lipinski definition) is 1. The number of hydrogen-bond acceptors (Lipinski definition) is 6. The van der Waals surface area contributed by atoms with Crippen molar-refractivity contribution in [2.75, 3.05) is 19.5 Å². The number of hydroxylamine groups is 1. The highest BCUT2D eigenvalue weighted by Crippen LogP contribution is 2.32. The summed E-state index contributed by atoms with van der Waals surface area (Å²) in [7, 11) is 2.82. The second-order valence-corrected chi connectivity index (χ2v) is 6.22. The topological polar surface area (TPSA) is 99.4 Å². The molecule has 148 valence electrons. The molecule has 0 spiro atoms. The Balaban J connectivity index is 1.95. The zero-order valence-electron chi connectivity index (χ0n) is 15.4. The Morgan fingerprint density at radius 2 is 1.89 bits per heavy atom. The zero-order chi connectivity index (χ0) is 20.4. The number of halogens is 2. The van der Waals surface area contributed by atoms with Crippen LogP contribution in [0.1, 0.15) is 25.1 Å². The lowest BCUT2D eigenvalue weighted by atomic mass is 9.96. The molecule has 0 fully saturated rings. The fraction of sp³-hybridized carbons (Fsp3) is 0.333. The molecule has 2 aromatic rings. The van der Waals surface area contributed by atoms with Crippen LogP contribution in [0.3, 0.4) is 0 Å². The SMILES string of the molecule is COc1cc(OC)nc([C@@H]2CC(C)=[N+]([O-])[C@H]2C(=O)Nc2cccc(F)c2F)n1. The van der Waals surface area contributed by atoms with E-state index in [1.54, 1.807) is 6.92 Å². The molecule has 1 aliphatic rings. The molecular weight excluding hydrogens is 374 g/mol. The van der Waals surface area contributed by atoms with Gasteiger partial charge in [-0.2, -0.15) is 9.97 Å². The lowest BCUT2D eigenvalue weighted by Gasteiger charge is -2.18. The van der Waals surface area contributed by atoms with Crippen molar-refractivity contribution in [3.05, 3.63) is 46.9 Å². The summed E-state index contributed by atoms with van der Waals surface area (Å²) < 4.78 is 38.1. The Kier molecular flexibility index (Phi) is 5.39. The highest BCUT2D eigenvalue weighted by Gasteiger charge is 2.46. The lowest BCUT2D eigenvalue weighted by Crippen LogP contribution is -2.38. The number of amides is 1. The van der Waals surface area contributed by atoms with E-state index in [-0.39, 0.29) is 29.7 Å². The molecular formula is C18H18F2N4O4. The first-order valence-corrected chi connectivity index (χ1v) is 8.36. The van der Waals surface area contributed by atoms with Crippen LogP contribution in [-0.2, 0) is 4.79 Å². The summed E-state index contributed by atoms with van der Waals surface area (Å²) in [5.41, 5.74) is 0.0288. The van der Waals surface area contributed by atoms with Crippen LogP contribution in [0.2, 0.25) is 0 Å². The first kappa shape index (κ1) is 19.5. The molecule has 0 aliphatic carbocycles. The standard InChI is InChI=1S/C18H18F2N4O4/c1-9-7-10(17-22-13(27-2)8-14(23-17)28-3)16(24(9)26)18(25)21-12-6-4-5-11(19)15(12)20/h4-6,8,10,16H,7H2,1-3H3,(H,21,25)/t10-,16-/m1/s1. The number of methoxy groups -OCH3 is 2. The molecule has 28 heavy (non-hydrogen) atoms. The van der Waals surface area contributed by atoms with E-state index in [0.717, 1.165) is 6.07 Å². The van der Waals surface area contributed by atoms with Crippen molar-refractivity contribution in [3.8, 4) is 11.8 Å². The first-order chi connectivity index (χ1) is 13.3. The molecule has 0 saturated heterocycles. The minimum absolute atomic E-state index is 0.175. The van der Waals surface area contributed by atoms with E-state index in [1.807, 2.05) is 0 Å². The molecule has 3 rings (SSSR count). The van der Waals surface area contributed by atoms with E-state index in [0.29, 0.717) is 10.5 Å². The van der Waals surface area contributed by atoms with Crippen LogP contribution in [0.15, 0.2) is 24.3 Å². The Morgan fingerprint density at radius 3 is 2.50 bits per heavy atom. The summed E-state index contributed by atoms with van der Waals surface area (Å²) >= 11 is 0. The smallest absolute Gasteiger partial charge is 0.295 e. The molecule has 0 saturated carbocycles. The molecule has 2 heterocycles. The second-order valence-electron chi connectivity index (χ2n) is 6.22. The summed E-state index contributed by atoms with van der Waals surface area (Å²) in [6.07, 6.45) is 0.212. The minimum Gasteiger partial charge on any atom is -0.623 e. The van der Waals surface area contributed by atoms with Gasteiger partial charge in [-0.25, -0.2) is 13.5 Å². The number of nitrogens with zero attached hydrogens (tertiary/aromatic N) is 3. The number of rotatable bonds is 5. The van der Waals surface area contributed by atoms with Crippen LogP contribution in [0.5, 0.6) is 11.8 Å². The molecule has 1 aliphatic heterocycles.